The van der Waals surface area contributed by atoms with Crippen molar-refractivity contribution in [3.8, 4) is 11.1 Å². The Morgan fingerprint density at radius 2 is 1.55 bits per heavy atom. The summed E-state index contributed by atoms with van der Waals surface area (Å²) in [5, 5.41) is 0. The third kappa shape index (κ3) is 1.88. The number of pyridine rings is 1. The first-order chi connectivity index (χ1) is 9.50. The molecule has 2 heterocycles. The molecule has 1 aromatic carbocycles. The van der Waals surface area contributed by atoms with Gasteiger partial charge in [0, 0.05) is 17.5 Å². The van der Waals surface area contributed by atoms with Gasteiger partial charge in [-0.15, -0.1) is 0 Å². The van der Waals surface area contributed by atoms with Gasteiger partial charge in [0.1, 0.15) is 0 Å². The topological polar surface area (TPSA) is 4.41 Å². The van der Waals surface area contributed by atoms with Crippen molar-refractivity contribution >= 4 is 5.52 Å². The molecule has 4 heteroatoms. The molecule has 0 aliphatic heterocycles. The molecule has 0 N–H and O–H groups in total. The molecule has 3 aromatic rings. The maximum absolute atomic E-state index is 13.5. The van der Waals surface area contributed by atoms with E-state index in [1.165, 1.54) is 6.07 Å². The van der Waals surface area contributed by atoms with Crippen LogP contribution < -0.4 is 0 Å². The maximum Gasteiger partial charge on any atom is 0.419 e. The molecule has 3 rings (SSSR count). The fourth-order valence-electron chi connectivity index (χ4n) is 2.61. The number of benzene rings is 1. The molecule has 0 saturated carbocycles. The van der Waals surface area contributed by atoms with Crippen LogP contribution in [0.5, 0.6) is 0 Å². The van der Waals surface area contributed by atoms with Crippen LogP contribution in [0.4, 0.5) is 13.2 Å². The second-order valence-electron chi connectivity index (χ2n) is 4.66. The van der Waals surface area contributed by atoms with Gasteiger partial charge in [0.25, 0.3) is 0 Å². The second kappa shape index (κ2) is 4.40. The van der Waals surface area contributed by atoms with Crippen LogP contribution in [0.15, 0.2) is 54.7 Å². The van der Waals surface area contributed by atoms with Gasteiger partial charge in [-0.3, -0.25) is 0 Å². The van der Waals surface area contributed by atoms with E-state index in [0.29, 0.717) is 11.3 Å². The van der Waals surface area contributed by atoms with Crippen LogP contribution >= 0.6 is 0 Å². The summed E-state index contributed by atoms with van der Waals surface area (Å²) in [4.78, 5) is 0. The van der Waals surface area contributed by atoms with Crippen molar-refractivity contribution in [1.29, 1.82) is 0 Å². The highest BCUT2D eigenvalue weighted by Crippen LogP contribution is 2.42. The van der Waals surface area contributed by atoms with Gasteiger partial charge in [0.2, 0.25) is 0 Å². The van der Waals surface area contributed by atoms with E-state index in [-0.39, 0.29) is 11.1 Å². The Labute approximate surface area is 114 Å². The van der Waals surface area contributed by atoms with Crippen molar-refractivity contribution in [2.75, 3.05) is 0 Å². The molecule has 1 nitrogen and oxygen atoms in total. The van der Waals surface area contributed by atoms with E-state index in [1.807, 2.05) is 0 Å². The fraction of sp³-hybridized carbons (Fsp3) is 0.125. The highest BCUT2D eigenvalue weighted by Gasteiger charge is 2.38. The van der Waals surface area contributed by atoms with E-state index in [1.54, 1.807) is 60.0 Å². The van der Waals surface area contributed by atoms with Gasteiger partial charge in [0.05, 0.1) is 11.1 Å². The normalized spacial score (nSPS) is 12.0. The third-order valence-corrected chi connectivity index (χ3v) is 3.44. The highest BCUT2D eigenvalue weighted by molar-refractivity contribution is 5.80. The monoisotopic (exact) mass is 275 g/mol. The number of hydrogen-bond acceptors (Lipinski definition) is 0. The van der Waals surface area contributed by atoms with Gasteiger partial charge >= 0.3 is 6.18 Å². The zero-order valence-electron chi connectivity index (χ0n) is 10.8. The zero-order valence-corrected chi connectivity index (χ0v) is 10.8. The van der Waals surface area contributed by atoms with Gasteiger partial charge < -0.3 is 4.40 Å². The molecular weight excluding hydrogens is 263 g/mol. The average Bonchev–Trinajstić information content (AvgIpc) is 2.73. The molecular formula is C16H12F3N. The number of fused-ring (bicyclic) bond motifs is 1. The summed E-state index contributed by atoms with van der Waals surface area (Å²) in [6, 6.07) is 13.6. The fourth-order valence-corrected chi connectivity index (χ4v) is 2.61. The van der Waals surface area contributed by atoms with E-state index in [9.17, 15) is 13.2 Å². The minimum Gasteiger partial charge on any atom is -0.320 e. The first-order valence-corrected chi connectivity index (χ1v) is 6.22. The lowest BCUT2D eigenvalue weighted by atomic mass is 10.0. The van der Waals surface area contributed by atoms with Crippen molar-refractivity contribution in [2.45, 2.75) is 13.1 Å². The lowest BCUT2D eigenvalue weighted by Gasteiger charge is -2.09. The standard InChI is InChI=1S/C16H12F3N/c1-11-14(12-7-3-2-4-8-12)15(16(17,18)19)13-9-5-6-10-20(11)13/h2-10H,1H3. The number of halogens is 3. The molecule has 0 amide bonds. The molecule has 0 bridgehead atoms. The van der Waals surface area contributed by atoms with E-state index < -0.39 is 11.7 Å². The van der Waals surface area contributed by atoms with Gasteiger partial charge in [-0.25, -0.2) is 0 Å². The number of alkyl halides is 3. The van der Waals surface area contributed by atoms with Crippen molar-refractivity contribution in [3.05, 3.63) is 66.0 Å². The largest absolute Gasteiger partial charge is 0.419 e. The maximum atomic E-state index is 13.5. The molecule has 0 radical (unpaired) electrons. The minimum absolute atomic E-state index is 0.191. The molecule has 0 fully saturated rings. The number of aryl methyl sites for hydroxylation is 1. The van der Waals surface area contributed by atoms with E-state index in [0.717, 1.165) is 0 Å². The van der Waals surface area contributed by atoms with Gasteiger partial charge in [-0.05, 0) is 24.6 Å². The SMILES string of the molecule is Cc1c(-c2ccccc2)c(C(F)(F)F)c2ccccn12. The number of hydrogen-bond donors (Lipinski definition) is 0. The first kappa shape index (κ1) is 12.8. The summed E-state index contributed by atoms with van der Waals surface area (Å²) in [6.45, 7) is 1.71. The zero-order chi connectivity index (χ0) is 14.3. The van der Waals surface area contributed by atoms with Crippen LogP contribution in [0.3, 0.4) is 0 Å². The van der Waals surface area contributed by atoms with Crippen molar-refractivity contribution in [3.63, 3.8) is 0 Å². The summed E-state index contributed by atoms with van der Waals surface area (Å²) in [7, 11) is 0. The predicted molar refractivity (Wildman–Crippen MR) is 72.6 cm³/mol. The molecule has 0 atom stereocenters. The average molecular weight is 275 g/mol. The van der Waals surface area contributed by atoms with Crippen molar-refractivity contribution in [2.24, 2.45) is 0 Å². The predicted octanol–water partition coefficient (Wildman–Crippen LogP) is 4.93. The molecule has 0 unspecified atom stereocenters. The second-order valence-corrected chi connectivity index (χ2v) is 4.66. The van der Waals surface area contributed by atoms with Crippen LogP contribution in [0, 0.1) is 6.92 Å². The van der Waals surface area contributed by atoms with Crippen LogP contribution in [-0.2, 0) is 6.18 Å². The molecule has 0 aliphatic carbocycles. The Balaban J connectivity index is 2.45. The summed E-state index contributed by atoms with van der Waals surface area (Å²) in [5.74, 6) is 0. The van der Waals surface area contributed by atoms with E-state index >= 15 is 0 Å². The van der Waals surface area contributed by atoms with Gasteiger partial charge in [-0.1, -0.05) is 36.4 Å². The smallest absolute Gasteiger partial charge is 0.320 e. The number of rotatable bonds is 1. The molecule has 2 aromatic heterocycles. The Hall–Kier alpha value is -2.23. The van der Waals surface area contributed by atoms with E-state index in [2.05, 4.69) is 0 Å². The molecule has 20 heavy (non-hydrogen) atoms. The Kier molecular flexibility index (Phi) is 2.82. The minimum atomic E-state index is -4.38. The van der Waals surface area contributed by atoms with Crippen LogP contribution in [0.1, 0.15) is 11.3 Å². The first-order valence-electron chi connectivity index (χ1n) is 6.22. The third-order valence-electron chi connectivity index (χ3n) is 3.44. The summed E-state index contributed by atoms with van der Waals surface area (Å²) in [5.41, 5.74) is 1.06. The molecule has 102 valence electrons. The van der Waals surface area contributed by atoms with E-state index in [4.69, 9.17) is 0 Å². The summed E-state index contributed by atoms with van der Waals surface area (Å²) in [6.07, 6.45) is -2.72. The van der Waals surface area contributed by atoms with Gasteiger partial charge in [-0.2, -0.15) is 13.2 Å². The Morgan fingerprint density at radius 1 is 0.900 bits per heavy atom. The quantitative estimate of drug-likeness (QED) is 0.593. The summed E-state index contributed by atoms with van der Waals surface area (Å²) >= 11 is 0. The molecule has 0 saturated heterocycles. The van der Waals surface area contributed by atoms with Crippen molar-refractivity contribution < 1.29 is 13.2 Å². The summed E-state index contributed by atoms with van der Waals surface area (Å²) < 4.78 is 42.0. The molecule has 0 aliphatic rings. The molecule has 0 spiro atoms. The lowest BCUT2D eigenvalue weighted by Crippen LogP contribution is -2.06. The lowest BCUT2D eigenvalue weighted by molar-refractivity contribution is -0.135. The van der Waals surface area contributed by atoms with Gasteiger partial charge in [0.15, 0.2) is 0 Å². The number of nitrogens with zero attached hydrogens (tertiary/aromatic N) is 1. The Morgan fingerprint density at radius 3 is 2.20 bits per heavy atom. The Bertz CT molecular complexity index is 754. The van der Waals surface area contributed by atoms with Crippen LogP contribution in [0.25, 0.3) is 16.6 Å². The number of aromatic nitrogens is 1. The highest BCUT2D eigenvalue weighted by atomic mass is 19.4. The van der Waals surface area contributed by atoms with Crippen LogP contribution in [-0.4, -0.2) is 4.40 Å². The van der Waals surface area contributed by atoms with Crippen LogP contribution in [0.2, 0.25) is 0 Å². The van der Waals surface area contributed by atoms with Crippen molar-refractivity contribution in [1.82, 2.24) is 4.40 Å².